The van der Waals surface area contributed by atoms with E-state index in [9.17, 15) is 0 Å². The van der Waals surface area contributed by atoms with Crippen LogP contribution in [0.5, 0.6) is 0 Å². The number of hydrogen-bond donors (Lipinski definition) is 0. The molecule has 41 heavy (non-hydrogen) atoms. The first-order chi connectivity index (χ1) is 20.1. The molecule has 1 aromatic heterocycles. The molecule has 8 rings (SSSR count). The first-order valence-electron chi connectivity index (χ1n) is 14.2. The van der Waals surface area contributed by atoms with E-state index in [0.29, 0.717) is 0 Å². The first-order valence-corrected chi connectivity index (χ1v) is 15.0. The average Bonchev–Trinajstić information content (AvgIpc) is 3.49. The molecule has 1 heterocycles. The number of rotatable bonds is 4. The van der Waals surface area contributed by atoms with E-state index in [-0.39, 0.29) is 5.41 Å². The van der Waals surface area contributed by atoms with Crippen molar-refractivity contribution in [2.75, 3.05) is 4.90 Å². The summed E-state index contributed by atoms with van der Waals surface area (Å²) >= 11 is 1.90. The number of nitrogens with zero attached hydrogens (tertiary/aromatic N) is 1. The number of benzene rings is 6. The van der Waals surface area contributed by atoms with Crippen LogP contribution in [0.3, 0.4) is 0 Å². The summed E-state index contributed by atoms with van der Waals surface area (Å²) in [6.07, 6.45) is 0. The van der Waals surface area contributed by atoms with Gasteiger partial charge in [0.1, 0.15) is 0 Å². The van der Waals surface area contributed by atoms with Crippen LogP contribution in [0, 0.1) is 0 Å². The summed E-state index contributed by atoms with van der Waals surface area (Å²) < 4.78 is 2.66. The van der Waals surface area contributed by atoms with Gasteiger partial charge in [-0.2, -0.15) is 0 Å². The molecule has 6 aromatic carbocycles. The fraction of sp³-hybridized carbons (Fsp3) is 0.0769. The highest BCUT2D eigenvalue weighted by Gasteiger charge is 2.35. The van der Waals surface area contributed by atoms with Gasteiger partial charge in [0.2, 0.25) is 0 Å². The number of para-hydroxylation sites is 1. The molecule has 0 fully saturated rings. The Morgan fingerprint density at radius 2 is 1.07 bits per heavy atom. The van der Waals surface area contributed by atoms with Gasteiger partial charge in [0, 0.05) is 42.6 Å². The predicted molar refractivity (Wildman–Crippen MR) is 177 cm³/mol. The molecule has 1 aliphatic rings. The van der Waals surface area contributed by atoms with Gasteiger partial charge < -0.3 is 4.90 Å². The normalized spacial score (nSPS) is 13.3. The molecular formula is C39H29NS. The number of fused-ring (bicyclic) bond motifs is 6. The van der Waals surface area contributed by atoms with Crippen LogP contribution in [0.15, 0.2) is 140 Å². The van der Waals surface area contributed by atoms with Crippen molar-refractivity contribution in [1.82, 2.24) is 0 Å². The number of thiophene rings is 1. The molecule has 0 unspecified atom stereocenters. The van der Waals surface area contributed by atoms with Crippen molar-refractivity contribution in [3.63, 3.8) is 0 Å². The Kier molecular flexibility index (Phi) is 5.42. The van der Waals surface area contributed by atoms with E-state index in [2.05, 4.69) is 158 Å². The lowest BCUT2D eigenvalue weighted by Gasteiger charge is -2.25. The maximum atomic E-state index is 2.46. The van der Waals surface area contributed by atoms with Crippen LogP contribution < -0.4 is 4.90 Å². The number of hydrogen-bond acceptors (Lipinski definition) is 2. The Labute approximate surface area is 245 Å². The van der Waals surface area contributed by atoms with Crippen molar-refractivity contribution >= 4 is 48.6 Å². The van der Waals surface area contributed by atoms with Gasteiger partial charge in [-0.3, -0.25) is 0 Å². The third-order valence-corrected chi connectivity index (χ3v) is 9.78. The zero-order valence-corrected chi connectivity index (χ0v) is 24.0. The molecule has 0 atom stereocenters. The van der Waals surface area contributed by atoms with Crippen LogP contribution >= 0.6 is 11.3 Å². The lowest BCUT2D eigenvalue weighted by molar-refractivity contribution is 0.661. The van der Waals surface area contributed by atoms with Crippen LogP contribution in [0.25, 0.3) is 42.4 Å². The molecule has 0 saturated heterocycles. The predicted octanol–water partition coefficient (Wildman–Crippen LogP) is 11.5. The largest absolute Gasteiger partial charge is 0.310 e. The SMILES string of the molecule is CC1(C)c2ccccc2-c2cc3sc4cc(N(c5ccccc5)c5ccc(-c6ccccc6)cc5)ccc4c3cc21. The van der Waals surface area contributed by atoms with Crippen molar-refractivity contribution in [2.45, 2.75) is 19.3 Å². The van der Waals surface area contributed by atoms with Crippen molar-refractivity contribution in [2.24, 2.45) is 0 Å². The molecule has 0 radical (unpaired) electrons. The minimum atomic E-state index is 0.00430. The Bertz CT molecular complexity index is 2050. The van der Waals surface area contributed by atoms with Gasteiger partial charge in [0.15, 0.2) is 0 Å². The van der Waals surface area contributed by atoms with Crippen LogP contribution in [0.2, 0.25) is 0 Å². The minimum Gasteiger partial charge on any atom is -0.310 e. The highest BCUT2D eigenvalue weighted by atomic mass is 32.1. The van der Waals surface area contributed by atoms with Gasteiger partial charge >= 0.3 is 0 Å². The summed E-state index contributed by atoms with van der Waals surface area (Å²) in [5, 5.41) is 2.69. The summed E-state index contributed by atoms with van der Waals surface area (Å²) in [6, 6.07) is 50.9. The highest BCUT2D eigenvalue weighted by molar-refractivity contribution is 7.25. The Hall–Kier alpha value is -4.66. The minimum absolute atomic E-state index is 0.00430. The maximum Gasteiger partial charge on any atom is 0.0476 e. The third-order valence-electron chi connectivity index (χ3n) is 8.66. The van der Waals surface area contributed by atoms with Gasteiger partial charge in [-0.1, -0.05) is 105 Å². The quantitative estimate of drug-likeness (QED) is 0.213. The van der Waals surface area contributed by atoms with Crippen molar-refractivity contribution in [3.05, 3.63) is 151 Å². The zero-order valence-electron chi connectivity index (χ0n) is 23.1. The average molecular weight is 544 g/mol. The zero-order chi connectivity index (χ0) is 27.6. The second-order valence-corrected chi connectivity index (χ2v) is 12.5. The molecule has 196 valence electrons. The Morgan fingerprint density at radius 3 is 1.85 bits per heavy atom. The van der Waals surface area contributed by atoms with Crippen molar-refractivity contribution in [3.8, 4) is 22.3 Å². The summed E-state index contributed by atoms with van der Waals surface area (Å²) in [6.45, 7) is 4.72. The van der Waals surface area contributed by atoms with Crippen molar-refractivity contribution in [1.29, 1.82) is 0 Å². The monoisotopic (exact) mass is 543 g/mol. The van der Waals surface area contributed by atoms with Gasteiger partial charge in [-0.05, 0) is 81.9 Å². The van der Waals surface area contributed by atoms with Crippen LogP contribution in [0.1, 0.15) is 25.0 Å². The summed E-state index contributed by atoms with van der Waals surface area (Å²) in [4.78, 5) is 2.36. The Balaban J connectivity index is 1.26. The summed E-state index contributed by atoms with van der Waals surface area (Å²) in [7, 11) is 0. The summed E-state index contributed by atoms with van der Waals surface area (Å²) in [5.41, 5.74) is 11.5. The lowest BCUT2D eigenvalue weighted by atomic mass is 9.82. The molecule has 0 spiro atoms. The topological polar surface area (TPSA) is 3.24 Å². The first kappa shape index (κ1) is 24.2. The summed E-state index contributed by atoms with van der Waals surface area (Å²) in [5.74, 6) is 0. The second-order valence-electron chi connectivity index (χ2n) is 11.4. The van der Waals surface area contributed by atoms with E-state index in [4.69, 9.17) is 0 Å². The lowest BCUT2D eigenvalue weighted by Crippen LogP contribution is -2.14. The van der Waals surface area contributed by atoms with E-state index in [1.54, 1.807) is 0 Å². The Morgan fingerprint density at radius 1 is 0.463 bits per heavy atom. The number of anilines is 3. The second kappa shape index (κ2) is 9.19. The molecule has 1 aliphatic carbocycles. The smallest absolute Gasteiger partial charge is 0.0476 e. The molecule has 0 N–H and O–H groups in total. The van der Waals surface area contributed by atoms with Crippen molar-refractivity contribution < 1.29 is 0 Å². The standard InChI is InChI=1S/C39H29NS/c1-39(2)35-16-10-9-15-31(35)33-25-38-34(24-36(33)39)32-22-21-30(23-37(32)41-38)40(28-13-7-4-8-14-28)29-19-17-27(18-20-29)26-11-5-3-6-12-26/h3-25H,1-2H3. The maximum absolute atomic E-state index is 2.46. The highest BCUT2D eigenvalue weighted by Crippen LogP contribution is 2.51. The fourth-order valence-electron chi connectivity index (χ4n) is 6.56. The fourth-order valence-corrected chi connectivity index (χ4v) is 7.72. The molecule has 0 bridgehead atoms. The molecule has 7 aromatic rings. The van der Waals surface area contributed by atoms with Gasteiger partial charge in [0.25, 0.3) is 0 Å². The van der Waals surface area contributed by atoms with Gasteiger partial charge in [-0.15, -0.1) is 11.3 Å². The molecular weight excluding hydrogens is 515 g/mol. The molecule has 1 nitrogen and oxygen atoms in total. The van der Waals surface area contributed by atoms with E-state index in [1.165, 1.54) is 59.2 Å². The van der Waals surface area contributed by atoms with Crippen LogP contribution in [0.4, 0.5) is 17.1 Å². The molecule has 0 saturated carbocycles. The van der Waals surface area contributed by atoms with Gasteiger partial charge in [0.05, 0.1) is 0 Å². The van der Waals surface area contributed by atoms with Crippen LogP contribution in [-0.4, -0.2) is 0 Å². The van der Waals surface area contributed by atoms with E-state index in [1.807, 2.05) is 11.3 Å². The van der Waals surface area contributed by atoms with E-state index < -0.39 is 0 Å². The van der Waals surface area contributed by atoms with Crippen LogP contribution in [-0.2, 0) is 5.41 Å². The van der Waals surface area contributed by atoms with Gasteiger partial charge in [-0.25, -0.2) is 0 Å². The van der Waals surface area contributed by atoms with E-state index in [0.717, 1.165) is 11.4 Å². The molecule has 0 amide bonds. The molecule has 2 heteroatoms. The third kappa shape index (κ3) is 3.83. The van der Waals surface area contributed by atoms with E-state index >= 15 is 0 Å². The molecule has 0 aliphatic heterocycles.